The van der Waals surface area contributed by atoms with Gasteiger partial charge in [0, 0.05) is 25.9 Å². The molecular weight excluding hydrogens is 238 g/mol. The van der Waals surface area contributed by atoms with Gasteiger partial charge in [-0.2, -0.15) is 0 Å². The summed E-state index contributed by atoms with van der Waals surface area (Å²) in [4.78, 5) is 9.03. The van der Waals surface area contributed by atoms with E-state index in [4.69, 9.17) is 4.74 Å². The number of hydrogen-bond acceptors (Lipinski definition) is 4. The zero-order valence-corrected chi connectivity index (χ0v) is 10.8. The second-order valence-electron chi connectivity index (χ2n) is 4.63. The van der Waals surface area contributed by atoms with Crippen molar-refractivity contribution in [3.8, 4) is 5.88 Å². The second-order valence-corrected chi connectivity index (χ2v) is 4.63. The van der Waals surface area contributed by atoms with Gasteiger partial charge in [0.05, 0.1) is 17.6 Å². The third kappa shape index (κ3) is 3.09. The molecule has 3 rings (SSSR count). The molecule has 0 spiro atoms. The molecule has 0 fully saturated rings. The fourth-order valence-corrected chi connectivity index (χ4v) is 2.18. The molecular formula is C15H17N3O. The van der Waals surface area contributed by atoms with Gasteiger partial charge in [-0.15, -0.1) is 0 Å². The molecule has 0 saturated carbocycles. The van der Waals surface area contributed by atoms with Crippen molar-refractivity contribution >= 4 is 0 Å². The van der Waals surface area contributed by atoms with Crippen molar-refractivity contribution in [1.82, 2.24) is 15.3 Å². The van der Waals surface area contributed by atoms with Crippen molar-refractivity contribution in [3.05, 3.63) is 53.5 Å². The smallest absolute Gasteiger partial charge is 0.232 e. The first-order chi connectivity index (χ1) is 9.42. The van der Waals surface area contributed by atoms with Gasteiger partial charge in [0.15, 0.2) is 0 Å². The highest BCUT2D eigenvalue weighted by Gasteiger charge is 2.11. The van der Waals surface area contributed by atoms with Crippen molar-refractivity contribution in [3.63, 3.8) is 0 Å². The number of hydrogen-bond donors (Lipinski definition) is 1. The Kier molecular flexibility index (Phi) is 3.70. The van der Waals surface area contributed by atoms with Gasteiger partial charge in [0.1, 0.15) is 6.61 Å². The molecule has 4 heteroatoms. The third-order valence-corrected chi connectivity index (χ3v) is 3.22. The fraction of sp³-hybridized carbons (Fsp3) is 0.333. The van der Waals surface area contributed by atoms with E-state index in [1.807, 2.05) is 30.3 Å². The maximum absolute atomic E-state index is 5.70. The summed E-state index contributed by atoms with van der Waals surface area (Å²) in [6.07, 6.45) is 3.60. The molecule has 0 bridgehead atoms. The number of ether oxygens (including phenoxy) is 1. The molecule has 0 radical (unpaired) electrons. The summed E-state index contributed by atoms with van der Waals surface area (Å²) < 4.78 is 5.70. The highest BCUT2D eigenvalue weighted by Crippen LogP contribution is 2.14. The summed E-state index contributed by atoms with van der Waals surface area (Å²) in [6.45, 7) is 2.47. The first-order valence-corrected chi connectivity index (χ1v) is 6.64. The minimum atomic E-state index is 0.534. The van der Waals surface area contributed by atoms with E-state index in [-0.39, 0.29) is 0 Å². The van der Waals surface area contributed by atoms with E-state index in [9.17, 15) is 0 Å². The van der Waals surface area contributed by atoms with Crippen LogP contribution in [0.3, 0.4) is 0 Å². The Hall–Kier alpha value is -1.94. The molecule has 1 aromatic heterocycles. The minimum Gasteiger partial charge on any atom is -0.472 e. The Morgan fingerprint density at radius 3 is 2.68 bits per heavy atom. The predicted octanol–water partition coefficient (Wildman–Crippen LogP) is 1.74. The zero-order valence-electron chi connectivity index (χ0n) is 10.8. The van der Waals surface area contributed by atoms with Crippen LogP contribution in [0.5, 0.6) is 5.88 Å². The van der Waals surface area contributed by atoms with Crippen LogP contribution in [0, 0.1) is 0 Å². The Bertz CT molecular complexity index is 542. The minimum absolute atomic E-state index is 0.534. The van der Waals surface area contributed by atoms with E-state index >= 15 is 0 Å². The standard InChI is InChI=1S/C15H17N3O/c1-2-4-12(5-3-1)11-19-15-10-17-13-6-8-16-9-7-14(13)18-15/h1-5,10,16H,6-9,11H2. The number of nitrogens with one attached hydrogen (secondary N) is 1. The lowest BCUT2D eigenvalue weighted by Crippen LogP contribution is -2.16. The molecule has 2 aromatic rings. The second kappa shape index (κ2) is 5.80. The van der Waals surface area contributed by atoms with E-state index in [1.165, 1.54) is 0 Å². The van der Waals surface area contributed by atoms with Crippen LogP contribution < -0.4 is 10.1 Å². The van der Waals surface area contributed by atoms with Crippen LogP contribution in [0.2, 0.25) is 0 Å². The molecule has 1 aromatic carbocycles. The van der Waals surface area contributed by atoms with Crippen LogP contribution in [0.25, 0.3) is 0 Å². The van der Waals surface area contributed by atoms with Crippen molar-refractivity contribution in [2.45, 2.75) is 19.4 Å². The van der Waals surface area contributed by atoms with Crippen LogP contribution in [-0.2, 0) is 19.4 Å². The van der Waals surface area contributed by atoms with E-state index in [0.29, 0.717) is 12.5 Å². The highest BCUT2D eigenvalue weighted by molar-refractivity contribution is 5.20. The summed E-state index contributed by atoms with van der Waals surface area (Å²) in [5, 5.41) is 3.35. The normalized spacial score (nSPS) is 14.5. The van der Waals surface area contributed by atoms with Crippen LogP contribution in [0.4, 0.5) is 0 Å². The van der Waals surface area contributed by atoms with Gasteiger partial charge in [0.25, 0.3) is 0 Å². The van der Waals surface area contributed by atoms with E-state index in [1.54, 1.807) is 6.20 Å². The maximum atomic E-state index is 5.70. The zero-order chi connectivity index (χ0) is 12.9. The van der Waals surface area contributed by atoms with Gasteiger partial charge in [-0.3, -0.25) is 4.98 Å². The molecule has 0 atom stereocenters. The molecule has 4 nitrogen and oxygen atoms in total. The summed E-state index contributed by atoms with van der Waals surface area (Å²) in [5.74, 6) is 0.615. The van der Waals surface area contributed by atoms with Crippen molar-refractivity contribution in [1.29, 1.82) is 0 Å². The summed E-state index contributed by atoms with van der Waals surface area (Å²) in [5.41, 5.74) is 3.30. The van der Waals surface area contributed by atoms with Gasteiger partial charge in [-0.05, 0) is 5.56 Å². The van der Waals surface area contributed by atoms with E-state index < -0.39 is 0 Å². The molecule has 0 aliphatic carbocycles. The average molecular weight is 255 g/mol. The molecule has 1 aliphatic rings. The van der Waals surface area contributed by atoms with Crippen LogP contribution in [0.1, 0.15) is 17.0 Å². The Morgan fingerprint density at radius 2 is 1.84 bits per heavy atom. The lowest BCUT2D eigenvalue weighted by atomic mass is 10.2. The quantitative estimate of drug-likeness (QED) is 0.907. The SMILES string of the molecule is c1ccc(COc2cnc3c(n2)CCNCC3)cc1. The molecule has 98 valence electrons. The first-order valence-electron chi connectivity index (χ1n) is 6.64. The van der Waals surface area contributed by atoms with Crippen LogP contribution in [0.15, 0.2) is 36.5 Å². The first kappa shape index (κ1) is 12.1. The number of nitrogens with zero attached hydrogens (tertiary/aromatic N) is 2. The topological polar surface area (TPSA) is 47.0 Å². The van der Waals surface area contributed by atoms with Gasteiger partial charge in [-0.25, -0.2) is 4.98 Å². The van der Waals surface area contributed by atoms with Gasteiger partial charge in [-0.1, -0.05) is 30.3 Å². The molecule has 19 heavy (non-hydrogen) atoms. The fourth-order valence-electron chi connectivity index (χ4n) is 2.18. The van der Waals surface area contributed by atoms with Gasteiger partial charge in [0.2, 0.25) is 5.88 Å². The molecule has 1 aliphatic heterocycles. The highest BCUT2D eigenvalue weighted by atomic mass is 16.5. The Labute approximate surface area is 112 Å². The number of fused-ring (bicyclic) bond motifs is 1. The summed E-state index contributed by atoms with van der Waals surface area (Å²) >= 11 is 0. The lowest BCUT2D eigenvalue weighted by Gasteiger charge is -2.08. The average Bonchev–Trinajstić information content (AvgIpc) is 2.71. The van der Waals surface area contributed by atoms with Gasteiger partial charge < -0.3 is 10.1 Å². The molecule has 0 saturated heterocycles. The van der Waals surface area contributed by atoms with Crippen LogP contribution in [-0.4, -0.2) is 23.1 Å². The van der Waals surface area contributed by atoms with Crippen LogP contribution >= 0.6 is 0 Å². The van der Waals surface area contributed by atoms with Crippen molar-refractivity contribution in [2.24, 2.45) is 0 Å². The maximum Gasteiger partial charge on any atom is 0.232 e. The van der Waals surface area contributed by atoms with Gasteiger partial charge >= 0.3 is 0 Å². The molecule has 2 heterocycles. The Balaban J connectivity index is 1.70. The molecule has 1 N–H and O–H groups in total. The van der Waals surface area contributed by atoms with Crippen molar-refractivity contribution in [2.75, 3.05) is 13.1 Å². The molecule has 0 amide bonds. The third-order valence-electron chi connectivity index (χ3n) is 3.22. The van der Waals surface area contributed by atoms with Crippen molar-refractivity contribution < 1.29 is 4.74 Å². The van der Waals surface area contributed by atoms with E-state index in [0.717, 1.165) is 42.9 Å². The number of rotatable bonds is 3. The monoisotopic (exact) mass is 255 g/mol. The predicted molar refractivity (Wildman–Crippen MR) is 73.1 cm³/mol. The summed E-state index contributed by atoms with van der Waals surface area (Å²) in [6, 6.07) is 10.1. The van der Waals surface area contributed by atoms with E-state index in [2.05, 4.69) is 15.3 Å². The molecule has 0 unspecified atom stereocenters. The number of benzene rings is 1. The Morgan fingerprint density at radius 1 is 1.05 bits per heavy atom. The summed E-state index contributed by atoms with van der Waals surface area (Å²) in [7, 11) is 0. The lowest BCUT2D eigenvalue weighted by molar-refractivity contribution is 0.291. The number of aromatic nitrogens is 2. The largest absolute Gasteiger partial charge is 0.472 e.